The van der Waals surface area contributed by atoms with E-state index in [-0.39, 0.29) is 5.69 Å². The Bertz CT molecular complexity index is 458. The Labute approximate surface area is 78.4 Å². The van der Waals surface area contributed by atoms with Gasteiger partial charge in [0.25, 0.3) is 0 Å². The Kier molecular flexibility index (Phi) is 1.77. The average Bonchev–Trinajstić information content (AvgIpc) is 2.71. The number of rotatable bonds is 2. The maximum absolute atomic E-state index is 10.7. The summed E-state index contributed by atoms with van der Waals surface area (Å²) in [6.45, 7) is 1.63. The summed E-state index contributed by atoms with van der Waals surface area (Å²) in [4.78, 5) is 10.7. The van der Waals surface area contributed by atoms with Crippen molar-refractivity contribution in [1.82, 2.24) is 25.2 Å². The predicted molar refractivity (Wildman–Crippen MR) is 45.2 cm³/mol. The molecule has 2 aromatic heterocycles. The van der Waals surface area contributed by atoms with E-state index in [0.717, 1.165) is 0 Å². The largest absolute Gasteiger partial charge is 0.476 e. The zero-order valence-corrected chi connectivity index (χ0v) is 7.30. The fourth-order valence-electron chi connectivity index (χ4n) is 1.12. The Morgan fingerprint density at radius 2 is 2.43 bits per heavy atom. The van der Waals surface area contributed by atoms with Crippen molar-refractivity contribution < 1.29 is 9.90 Å². The molecule has 14 heavy (non-hydrogen) atoms. The number of H-pyrrole nitrogens is 1. The van der Waals surface area contributed by atoms with Crippen LogP contribution in [0, 0.1) is 6.92 Å². The van der Waals surface area contributed by atoms with Crippen molar-refractivity contribution in [2.75, 3.05) is 0 Å². The van der Waals surface area contributed by atoms with Crippen molar-refractivity contribution in [1.29, 1.82) is 0 Å². The molecule has 0 saturated heterocycles. The lowest BCUT2D eigenvalue weighted by atomic mass is 10.3. The van der Waals surface area contributed by atoms with Crippen molar-refractivity contribution in [3.05, 3.63) is 23.7 Å². The fraction of sp³-hybridized carbons (Fsp3) is 0.143. The highest BCUT2D eigenvalue weighted by molar-refractivity contribution is 5.86. The van der Waals surface area contributed by atoms with Crippen LogP contribution in [-0.4, -0.2) is 36.3 Å². The molecule has 0 atom stereocenters. The average molecular weight is 193 g/mol. The molecule has 0 aliphatic heterocycles. The third-order valence-corrected chi connectivity index (χ3v) is 1.81. The van der Waals surface area contributed by atoms with E-state index in [0.29, 0.717) is 11.5 Å². The first-order valence-electron chi connectivity index (χ1n) is 3.85. The van der Waals surface area contributed by atoms with Crippen LogP contribution in [0.5, 0.6) is 0 Å². The lowest BCUT2D eigenvalue weighted by molar-refractivity contribution is 0.0689. The quantitative estimate of drug-likeness (QED) is 0.699. The maximum atomic E-state index is 10.7. The van der Waals surface area contributed by atoms with E-state index < -0.39 is 5.97 Å². The molecule has 2 N–H and O–H groups in total. The van der Waals surface area contributed by atoms with Crippen LogP contribution in [0.25, 0.3) is 5.82 Å². The van der Waals surface area contributed by atoms with E-state index >= 15 is 0 Å². The normalized spacial score (nSPS) is 10.4. The van der Waals surface area contributed by atoms with Gasteiger partial charge in [-0.1, -0.05) is 5.21 Å². The minimum absolute atomic E-state index is 0.0559. The molecule has 72 valence electrons. The van der Waals surface area contributed by atoms with Crippen LogP contribution >= 0.6 is 0 Å². The number of carbonyl (C=O) groups is 1. The van der Waals surface area contributed by atoms with E-state index in [4.69, 9.17) is 5.11 Å². The molecular weight excluding hydrogens is 186 g/mol. The maximum Gasteiger partial charge on any atom is 0.358 e. The van der Waals surface area contributed by atoms with E-state index in [1.165, 1.54) is 4.68 Å². The van der Waals surface area contributed by atoms with Crippen LogP contribution < -0.4 is 0 Å². The Balaban J connectivity index is 2.52. The number of aromatic nitrogens is 5. The summed E-state index contributed by atoms with van der Waals surface area (Å²) >= 11 is 0. The first-order valence-corrected chi connectivity index (χ1v) is 3.85. The van der Waals surface area contributed by atoms with Gasteiger partial charge in [-0.05, 0) is 6.92 Å². The highest BCUT2D eigenvalue weighted by atomic mass is 16.4. The van der Waals surface area contributed by atoms with Gasteiger partial charge in [-0.25, -0.2) is 4.79 Å². The molecule has 0 fully saturated rings. The van der Waals surface area contributed by atoms with Crippen molar-refractivity contribution in [3.8, 4) is 5.82 Å². The van der Waals surface area contributed by atoms with Gasteiger partial charge in [-0.3, -0.25) is 5.10 Å². The van der Waals surface area contributed by atoms with Gasteiger partial charge in [0, 0.05) is 6.07 Å². The topological polar surface area (TPSA) is 96.7 Å². The molecular formula is C7H7N5O2. The van der Waals surface area contributed by atoms with E-state index in [1.807, 2.05) is 0 Å². The number of carboxylic acid groups (broad SMARTS) is 1. The molecule has 0 spiro atoms. The molecule has 0 aromatic carbocycles. The van der Waals surface area contributed by atoms with Crippen molar-refractivity contribution in [2.45, 2.75) is 6.92 Å². The smallest absolute Gasteiger partial charge is 0.358 e. The summed E-state index contributed by atoms with van der Waals surface area (Å²) in [5.41, 5.74) is 0.404. The molecule has 0 saturated carbocycles. The van der Waals surface area contributed by atoms with E-state index in [2.05, 4.69) is 20.5 Å². The molecule has 0 radical (unpaired) electrons. The Morgan fingerprint density at radius 3 is 2.93 bits per heavy atom. The molecule has 2 rings (SSSR count). The standard InChI is InChI=1S/C7H7N5O2/c1-4-6(7(13)14)10-11-12(4)5-2-3-8-9-5/h2-3H,1H3,(H,8,9)(H,13,14). The molecule has 0 aliphatic rings. The Morgan fingerprint density at radius 1 is 1.64 bits per heavy atom. The number of hydrogen-bond donors (Lipinski definition) is 2. The summed E-state index contributed by atoms with van der Waals surface area (Å²) < 4.78 is 1.39. The summed E-state index contributed by atoms with van der Waals surface area (Å²) in [5, 5.41) is 22.4. The lowest BCUT2D eigenvalue weighted by Crippen LogP contribution is -2.02. The summed E-state index contributed by atoms with van der Waals surface area (Å²) in [5.74, 6) is -0.504. The molecule has 0 unspecified atom stereocenters. The lowest BCUT2D eigenvalue weighted by Gasteiger charge is -1.96. The molecule has 0 aliphatic carbocycles. The molecule has 0 amide bonds. The highest BCUT2D eigenvalue weighted by Crippen LogP contribution is 2.08. The zero-order chi connectivity index (χ0) is 10.1. The third kappa shape index (κ3) is 1.15. The second kappa shape index (κ2) is 2.95. The molecule has 2 heterocycles. The third-order valence-electron chi connectivity index (χ3n) is 1.81. The number of nitrogens with zero attached hydrogens (tertiary/aromatic N) is 4. The van der Waals surface area contributed by atoms with Crippen LogP contribution in [0.1, 0.15) is 16.2 Å². The summed E-state index contributed by atoms with van der Waals surface area (Å²) in [6, 6.07) is 1.67. The van der Waals surface area contributed by atoms with Crippen molar-refractivity contribution >= 4 is 5.97 Å². The molecule has 7 nitrogen and oxygen atoms in total. The first-order chi connectivity index (χ1) is 6.70. The number of aromatic carboxylic acids is 1. The fourth-order valence-corrected chi connectivity index (χ4v) is 1.12. The van der Waals surface area contributed by atoms with Gasteiger partial charge < -0.3 is 5.11 Å². The zero-order valence-electron chi connectivity index (χ0n) is 7.30. The van der Waals surface area contributed by atoms with Gasteiger partial charge in [0.1, 0.15) is 0 Å². The molecule has 7 heteroatoms. The SMILES string of the molecule is Cc1c(C(=O)O)nnn1-c1ccn[nH]1. The second-order valence-electron chi connectivity index (χ2n) is 2.68. The van der Waals surface area contributed by atoms with Gasteiger partial charge in [0.05, 0.1) is 11.9 Å². The number of carboxylic acids is 1. The summed E-state index contributed by atoms with van der Waals surface area (Å²) in [6.07, 6.45) is 1.55. The highest BCUT2D eigenvalue weighted by Gasteiger charge is 2.16. The van der Waals surface area contributed by atoms with Crippen LogP contribution in [0.2, 0.25) is 0 Å². The van der Waals surface area contributed by atoms with Gasteiger partial charge in [-0.2, -0.15) is 9.78 Å². The van der Waals surface area contributed by atoms with Gasteiger partial charge >= 0.3 is 5.97 Å². The van der Waals surface area contributed by atoms with Crippen LogP contribution in [-0.2, 0) is 0 Å². The van der Waals surface area contributed by atoms with Crippen LogP contribution in [0.3, 0.4) is 0 Å². The molecule has 0 bridgehead atoms. The first kappa shape index (κ1) is 8.42. The predicted octanol–water partition coefficient (Wildman–Crippen LogP) is -0.00298. The van der Waals surface area contributed by atoms with Crippen LogP contribution in [0.15, 0.2) is 12.3 Å². The van der Waals surface area contributed by atoms with Gasteiger partial charge in [0.2, 0.25) is 0 Å². The minimum Gasteiger partial charge on any atom is -0.476 e. The number of nitrogens with one attached hydrogen (secondary N) is 1. The van der Waals surface area contributed by atoms with E-state index in [1.54, 1.807) is 19.2 Å². The monoisotopic (exact) mass is 193 g/mol. The van der Waals surface area contributed by atoms with E-state index in [9.17, 15) is 4.79 Å². The summed E-state index contributed by atoms with van der Waals surface area (Å²) in [7, 11) is 0. The Hall–Kier alpha value is -2.18. The number of hydrogen-bond acceptors (Lipinski definition) is 4. The van der Waals surface area contributed by atoms with Crippen LogP contribution in [0.4, 0.5) is 0 Å². The van der Waals surface area contributed by atoms with Gasteiger partial charge in [0.15, 0.2) is 11.5 Å². The van der Waals surface area contributed by atoms with Crippen molar-refractivity contribution in [2.24, 2.45) is 0 Å². The second-order valence-corrected chi connectivity index (χ2v) is 2.68. The molecule has 2 aromatic rings. The van der Waals surface area contributed by atoms with Gasteiger partial charge in [-0.15, -0.1) is 5.10 Å². The number of aromatic amines is 1. The minimum atomic E-state index is -1.09. The van der Waals surface area contributed by atoms with Crippen molar-refractivity contribution in [3.63, 3.8) is 0 Å².